The van der Waals surface area contributed by atoms with Crippen molar-refractivity contribution in [2.75, 3.05) is 17.8 Å². The lowest BCUT2D eigenvalue weighted by molar-refractivity contribution is 0.346. The first-order valence-corrected chi connectivity index (χ1v) is 10.8. The molecule has 2 aromatic rings. The van der Waals surface area contributed by atoms with Gasteiger partial charge in [0.25, 0.3) is 0 Å². The molecule has 0 bridgehead atoms. The minimum absolute atomic E-state index is 0.0700. The molecule has 1 fully saturated rings. The maximum absolute atomic E-state index is 12.7. The SMILES string of the molecule is O=S(=O)(Nc1ccccc1)[C@@H]1CCCN(S(=O)(=O)c2cccnc2)C1. The van der Waals surface area contributed by atoms with Crippen LogP contribution in [0.4, 0.5) is 5.69 Å². The second-order valence-corrected chi connectivity index (χ2v) is 9.73. The largest absolute Gasteiger partial charge is 0.283 e. The van der Waals surface area contributed by atoms with Crippen LogP contribution in [0.3, 0.4) is 0 Å². The summed E-state index contributed by atoms with van der Waals surface area (Å²) in [6.07, 6.45) is 3.67. The number of pyridine rings is 1. The number of hydrogen-bond acceptors (Lipinski definition) is 5. The summed E-state index contributed by atoms with van der Waals surface area (Å²) in [5.41, 5.74) is 0.467. The highest BCUT2D eigenvalue weighted by molar-refractivity contribution is 7.93. The molecule has 1 aromatic heterocycles. The Morgan fingerprint density at radius 1 is 1.04 bits per heavy atom. The van der Waals surface area contributed by atoms with E-state index >= 15 is 0 Å². The second kappa shape index (κ2) is 7.11. The maximum Gasteiger partial charge on any atom is 0.244 e. The first-order chi connectivity index (χ1) is 11.9. The highest BCUT2D eigenvalue weighted by atomic mass is 32.2. The van der Waals surface area contributed by atoms with E-state index in [0.29, 0.717) is 25.1 Å². The van der Waals surface area contributed by atoms with Crippen molar-refractivity contribution in [2.24, 2.45) is 0 Å². The molecule has 1 saturated heterocycles. The molecule has 134 valence electrons. The number of hydrogen-bond donors (Lipinski definition) is 1. The molecule has 3 rings (SSSR count). The fourth-order valence-corrected chi connectivity index (χ4v) is 5.85. The zero-order valence-electron chi connectivity index (χ0n) is 13.4. The summed E-state index contributed by atoms with van der Waals surface area (Å²) in [6, 6.07) is 11.6. The lowest BCUT2D eigenvalue weighted by Crippen LogP contribution is -2.46. The van der Waals surface area contributed by atoms with Crippen LogP contribution in [0, 0.1) is 0 Å². The van der Waals surface area contributed by atoms with Gasteiger partial charge < -0.3 is 0 Å². The van der Waals surface area contributed by atoms with Gasteiger partial charge in [0, 0.05) is 31.2 Å². The van der Waals surface area contributed by atoms with Crippen molar-refractivity contribution in [2.45, 2.75) is 23.0 Å². The number of rotatable bonds is 5. The van der Waals surface area contributed by atoms with Gasteiger partial charge in [-0.15, -0.1) is 0 Å². The summed E-state index contributed by atoms with van der Waals surface area (Å²) in [5.74, 6) is 0. The Balaban J connectivity index is 1.79. The number of nitrogens with zero attached hydrogens (tertiary/aromatic N) is 2. The van der Waals surface area contributed by atoms with Gasteiger partial charge in [0.05, 0.1) is 5.25 Å². The van der Waals surface area contributed by atoms with E-state index in [1.165, 1.54) is 22.8 Å². The standard InChI is InChI=1S/C16H19N3O4S2/c20-24(21,18-14-6-2-1-3-7-14)16-9-5-11-19(13-16)25(22,23)15-8-4-10-17-12-15/h1-4,6-8,10,12,16,18H,5,9,11,13H2/t16-/m1/s1. The second-order valence-electron chi connectivity index (χ2n) is 5.83. The van der Waals surface area contributed by atoms with Crippen LogP contribution in [0.2, 0.25) is 0 Å². The molecule has 0 aliphatic carbocycles. The molecule has 1 atom stereocenters. The number of aromatic nitrogens is 1. The lowest BCUT2D eigenvalue weighted by atomic mass is 10.2. The molecule has 0 spiro atoms. The fraction of sp³-hybridized carbons (Fsp3) is 0.312. The maximum atomic E-state index is 12.7. The van der Waals surface area contributed by atoms with Crippen LogP contribution in [0.25, 0.3) is 0 Å². The Labute approximate surface area is 147 Å². The summed E-state index contributed by atoms with van der Waals surface area (Å²) in [7, 11) is -7.43. The van der Waals surface area contributed by atoms with Crippen molar-refractivity contribution >= 4 is 25.7 Å². The van der Waals surface area contributed by atoms with Gasteiger partial charge in [-0.1, -0.05) is 18.2 Å². The molecule has 1 N–H and O–H groups in total. The topological polar surface area (TPSA) is 96.4 Å². The van der Waals surface area contributed by atoms with Crippen LogP contribution in [0.5, 0.6) is 0 Å². The van der Waals surface area contributed by atoms with Crippen molar-refractivity contribution in [1.29, 1.82) is 0 Å². The van der Waals surface area contributed by atoms with Crippen LogP contribution in [0.15, 0.2) is 59.8 Å². The molecule has 0 amide bonds. The third-order valence-corrected chi connectivity index (χ3v) is 7.72. The number of anilines is 1. The Kier molecular flexibility index (Phi) is 5.07. The predicted molar refractivity (Wildman–Crippen MR) is 95.0 cm³/mol. The molecule has 1 aromatic carbocycles. The minimum Gasteiger partial charge on any atom is -0.283 e. The molecule has 0 unspecified atom stereocenters. The smallest absolute Gasteiger partial charge is 0.244 e. The van der Waals surface area contributed by atoms with Gasteiger partial charge in [-0.25, -0.2) is 16.8 Å². The molecule has 0 saturated carbocycles. The van der Waals surface area contributed by atoms with E-state index in [0.717, 1.165) is 0 Å². The minimum atomic E-state index is -3.75. The molecule has 2 heterocycles. The van der Waals surface area contributed by atoms with Crippen LogP contribution in [-0.2, 0) is 20.0 Å². The number of benzene rings is 1. The van der Waals surface area contributed by atoms with E-state index < -0.39 is 25.3 Å². The zero-order valence-corrected chi connectivity index (χ0v) is 15.1. The van der Waals surface area contributed by atoms with Crippen molar-refractivity contribution in [1.82, 2.24) is 9.29 Å². The van der Waals surface area contributed by atoms with Crippen molar-refractivity contribution in [3.8, 4) is 0 Å². The Morgan fingerprint density at radius 3 is 2.48 bits per heavy atom. The zero-order chi connectivity index (χ0) is 17.9. The first kappa shape index (κ1) is 17.8. The number of nitrogens with one attached hydrogen (secondary N) is 1. The predicted octanol–water partition coefficient (Wildman–Crippen LogP) is 1.68. The van der Waals surface area contributed by atoms with E-state index in [1.54, 1.807) is 36.4 Å². The van der Waals surface area contributed by atoms with Gasteiger partial charge >= 0.3 is 0 Å². The molecule has 9 heteroatoms. The van der Waals surface area contributed by atoms with Crippen LogP contribution in [0.1, 0.15) is 12.8 Å². The highest BCUT2D eigenvalue weighted by Gasteiger charge is 2.36. The molecule has 1 aliphatic rings. The third-order valence-electron chi connectivity index (χ3n) is 4.09. The number of piperidine rings is 1. The average Bonchev–Trinajstić information content (AvgIpc) is 2.63. The van der Waals surface area contributed by atoms with E-state index in [2.05, 4.69) is 9.71 Å². The van der Waals surface area contributed by atoms with Crippen molar-refractivity contribution in [3.63, 3.8) is 0 Å². The van der Waals surface area contributed by atoms with E-state index in [9.17, 15) is 16.8 Å². The molecule has 25 heavy (non-hydrogen) atoms. The molecule has 1 aliphatic heterocycles. The van der Waals surface area contributed by atoms with Crippen LogP contribution in [-0.4, -0.2) is 44.5 Å². The van der Waals surface area contributed by atoms with Crippen LogP contribution < -0.4 is 4.72 Å². The van der Waals surface area contributed by atoms with E-state index in [4.69, 9.17) is 0 Å². The lowest BCUT2D eigenvalue weighted by Gasteiger charge is -2.31. The van der Waals surface area contributed by atoms with Crippen molar-refractivity contribution in [3.05, 3.63) is 54.9 Å². The molecule has 7 nitrogen and oxygen atoms in total. The van der Waals surface area contributed by atoms with E-state index in [1.807, 2.05) is 0 Å². The Bertz CT molecular complexity index is 916. The molecular formula is C16H19N3O4S2. The van der Waals surface area contributed by atoms with Gasteiger partial charge in [0.1, 0.15) is 4.90 Å². The molecular weight excluding hydrogens is 362 g/mol. The number of sulfonamides is 2. The first-order valence-electron chi connectivity index (χ1n) is 7.86. The summed E-state index contributed by atoms with van der Waals surface area (Å²) in [5, 5.41) is -0.798. The number of para-hydroxylation sites is 1. The average molecular weight is 381 g/mol. The highest BCUT2D eigenvalue weighted by Crippen LogP contribution is 2.24. The fourth-order valence-electron chi connectivity index (χ4n) is 2.78. The van der Waals surface area contributed by atoms with Gasteiger partial charge in [-0.3, -0.25) is 9.71 Å². The van der Waals surface area contributed by atoms with Gasteiger partial charge in [-0.2, -0.15) is 4.31 Å². The van der Waals surface area contributed by atoms with Crippen LogP contribution >= 0.6 is 0 Å². The Morgan fingerprint density at radius 2 is 1.80 bits per heavy atom. The summed E-state index contributed by atoms with van der Waals surface area (Å²) < 4.78 is 54.4. The van der Waals surface area contributed by atoms with Crippen molar-refractivity contribution < 1.29 is 16.8 Å². The summed E-state index contributed by atoms with van der Waals surface area (Å²) >= 11 is 0. The Hall–Kier alpha value is -1.97. The van der Waals surface area contributed by atoms with E-state index in [-0.39, 0.29) is 11.4 Å². The monoisotopic (exact) mass is 381 g/mol. The summed E-state index contributed by atoms with van der Waals surface area (Å²) in [6.45, 7) is 0.230. The van der Waals surface area contributed by atoms with Gasteiger partial charge in [-0.05, 0) is 37.1 Å². The normalized spacial score (nSPS) is 19.4. The quantitative estimate of drug-likeness (QED) is 0.850. The molecule has 0 radical (unpaired) electrons. The van der Waals surface area contributed by atoms with Gasteiger partial charge in [0.2, 0.25) is 20.0 Å². The van der Waals surface area contributed by atoms with Gasteiger partial charge in [0.15, 0.2) is 0 Å². The third kappa shape index (κ3) is 4.00. The summed E-state index contributed by atoms with van der Waals surface area (Å²) in [4.78, 5) is 3.91.